The summed E-state index contributed by atoms with van der Waals surface area (Å²) in [5.74, 6) is 1.70. The Morgan fingerprint density at radius 1 is 1.29 bits per heavy atom. The van der Waals surface area contributed by atoms with Crippen LogP contribution in [0.25, 0.3) is 0 Å². The van der Waals surface area contributed by atoms with Gasteiger partial charge >= 0.3 is 0 Å². The summed E-state index contributed by atoms with van der Waals surface area (Å²) in [6.45, 7) is 6.25. The first-order valence-corrected chi connectivity index (χ1v) is 8.23. The van der Waals surface area contributed by atoms with Gasteiger partial charge in [-0.25, -0.2) is 0 Å². The number of hydrogen-bond acceptors (Lipinski definition) is 3. The molecule has 0 spiro atoms. The maximum atomic E-state index is 6.45. The molecule has 1 aliphatic rings. The third kappa shape index (κ3) is 4.72. The number of methoxy groups -OCH3 is 1. The van der Waals surface area contributed by atoms with E-state index in [1.807, 2.05) is 12.1 Å². The van der Waals surface area contributed by atoms with Crippen molar-refractivity contribution in [3.63, 3.8) is 0 Å². The molecule has 1 aromatic carbocycles. The number of para-hydroxylation sites is 1. The van der Waals surface area contributed by atoms with Crippen molar-refractivity contribution in [3.05, 3.63) is 29.8 Å². The molecule has 0 aliphatic heterocycles. The first-order valence-electron chi connectivity index (χ1n) is 8.23. The molecule has 1 aromatic rings. The number of nitrogens with one attached hydrogen (secondary N) is 1. The zero-order valence-corrected chi connectivity index (χ0v) is 13.6. The lowest BCUT2D eigenvalue weighted by atomic mass is 9.88. The number of rotatable bonds is 7. The van der Waals surface area contributed by atoms with Crippen molar-refractivity contribution in [3.8, 4) is 5.75 Å². The molecule has 0 heterocycles. The number of benzene rings is 1. The lowest BCUT2D eigenvalue weighted by Crippen LogP contribution is -2.29. The summed E-state index contributed by atoms with van der Waals surface area (Å²) in [7, 11) is 1.73. The second kappa shape index (κ2) is 8.40. The van der Waals surface area contributed by atoms with Crippen molar-refractivity contribution < 1.29 is 9.47 Å². The zero-order valence-electron chi connectivity index (χ0n) is 13.6. The highest BCUT2D eigenvalue weighted by Crippen LogP contribution is 2.33. The fourth-order valence-corrected chi connectivity index (χ4v) is 3.17. The van der Waals surface area contributed by atoms with Crippen LogP contribution in [-0.4, -0.2) is 26.3 Å². The molecule has 0 amide bonds. The third-order valence-corrected chi connectivity index (χ3v) is 4.31. The molecular weight excluding hydrogens is 262 g/mol. The van der Waals surface area contributed by atoms with Gasteiger partial charge in [-0.05, 0) is 31.4 Å². The first kappa shape index (κ1) is 16.3. The summed E-state index contributed by atoms with van der Waals surface area (Å²) in [5, 5.41) is 3.42. The Morgan fingerprint density at radius 3 is 2.81 bits per heavy atom. The Morgan fingerprint density at radius 2 is 2.10 bits per heavy atom. The van der Waals surface area contributed by atoms with E-state index < -0.39 is 0 Å². The average Bonchev–Trinajstić information content (AvgIpc) is 2.51. The van der Waals surface area contributed by atoms with Crippen molar-refractivity contribution >= 4 is 0 Å². The van der Waals surface area contributed by atoms with Gasteiger partial charge in [0, 0.05) is 12.1 Å². The zero-order chi connectivity index (χ0) is 15.1. The molecule has 2 rings (SSSR count). The SMILES string of the molecule is CCNCC(OC1CCCC(C)C1)c1ccccc1OC. The van der Waals surface area contributed by atoms with Crippen LogP contribution < -0.4 is 10.1 Å². The Balaban J connectivity index is 2.09. The van der Waals surface area contributed by atoms with E-state index in [1.165, 1.54) is 25.7 Å². The molecule has 3 nitrogen and oxygen atoms in total. The van der Waals surface area contributed by atoms with E-state index >= 15 is 0 Å². The summed E-state index contributed by atoms with van der Waals surface area (Å²) in [4.78, 5) is 0. The molecular formula is C18H29NO2. The van der Waals surface area contributed by atoms with E-state index in [-0.39, 0.29) is 6.10 Å². The van der Waals surface area contributed by atoms with Gasteiger partial charge in [-0.1, -0.05) is 44.9 Å². The largest absolute Gasteiger partial charge is 0.496 e. The van der Waals surface area contributed by atoms with Crippen LogP contribution in [0.4, 0.5) is 0 Å². The standard InChI is InChI=1S/C18H29NO2/c1-4-19-13-18(16-10-5-6-11-17(16)20-3)21-15-9-7-8-14(2)12-15/h5-6,10-11,14-15,18-19H,4,7-9,12-13H2,1-3H3. The summed E-state index contributed by atoms with van der Waals surface area (Å²) in [5.41, 5.74) is 1.15. The van der Waals surface area contributed by atoms with E-state index in [9.17, 15) is 0 Å². The van der Waals surface area contributed by atoms with Gasteiger partial charge in [0.2, 0.25) is 0 Å². The molecule has 1 fully saturated rings. The molecule has 0 radical (unpaired) electrons. The van der Waals surface area contributed by atoms with Gasteiger partial charge < -0.3 is 14.8 Å². The summed E-state index contributed by atoms with van der Waals surface area (Å²) in [6, 6.07) is 8.20. The minimum atomic E-state index is 0.0661. The highest BCUT2D eigenvalue weighted by atomic mass is 16.5. The molecule has 21 heavy (non-hydrogen) atoms. The predicted molar refractivity (Wildman–Crippen MR) is 86.8 cm³/mol. The quantitative estimate of drug-likeness (QED) is 0.825. The molecule has 3 unspecified atom stereocenters. The van der Waals surface area contributed by atoms with Crippen LogP contribution in [0.5, 0.6) is 5.75 Å². The van der Waals surface area contributed by atoms with Crippen LogP contribution in [0.1, 0.15) is 51.2 Å². The number of likely N-dealkylation sites (N-methyl/N-ethyl adjacent to an activating group) is 1. The van der Waals surface area contributed by atoms with Crippen LogP contribution in [0, 0.1) is 5.92 Å². The second-order valence-electron chi connectivity index (χ2n) is 6.07. The minimum Gasteiger partial charge on any atom is -0.496 e. The number of hydrogen-bond donors (Lipinski definition) is 1. The lowest BCUT2D eigenvalue weighted by Gasteiger charge is -2.31. The molecule has 1 N–H and O–H groups in total. The van der Waals surface area contributed by atoms with Crippen LogP contribution in [0.2, 0.25) is 0 Å². The average molecular weight is 291 g/mol. The molecule has 3 heteroatoms. The van der Waals surface area contributed by atoms with Crippen molar-refractivity contribution in [1.82, 2.24) is 5.32 Å². The van der Waals surface area contributed by atoms with Crippen molar-refractivity contribution in [1.29, 1.82) is 0 Å². The molecule has 1 aliphatic carbocycles. The van der Waals surface area contributed by atoms with E-state index in [4.69, 9.17) is 9.47 Å². The summed E-state index contributed by atoms with van der Waals surface area (Å²) >= 11 is 0. The summed E-state index contributed by atoms with van der Waals surface area (Å²) < 4.78 is 12.0. The van der Waals surface area contributed by atoms with Gasteiger partial charge in [-0.3, -0.25) is 0 Å². The third-order valence-electron chi connectivity index (χ3n) is 4.31. The fraction of sp³-hybridized carbons (Fsp3) is 0.667. The molecule has 118 valence electrons. The highest BCUT2D eigenvalue weighted by molar-refractivity contribution is 5.35. The van der Waals surface area contributed by atoms with Gasteiger partial charge in [-0.2, -0.15) is 0 Å². The maximum Gasteiger partial charge on any atom is 0.124 e. The molecule has 1 saturated carbocycles. The Hall–Kier alpha value is -1.06. The Bertz CT molecular complexity index is 421. The predicted octanol–water partition coefficient (Wildman–Crippen LogP) is 3.94. The van der Waals surface area contributed by atoms with Gasteiger partial charge in [0.25, 0.3) is 0 Å². The van der Waals surface area contributed by atoms with Crippen molar-refractivity contribution in [2.24, 2.45) is 5.92 Å². The second-order valence-corrected chi connectivity index (χ2v) is 6.07. The van der Waals surface area contributed by atoms with E-state index in [1.54, 1.807) is 7.11 Å². The minimum absolute atomic E-state index is 0.0661. The van der Waals surface area contributed by atoms with Gasteiger partial charge in [-0.15, -0.1) is 0 Å². The van der Waals surface area contributed by atoms with E-state index in [0.717, 1.165) is 30.3 Å². The van der Waals surface area contributed by atoms with E-state index in [2.05, 4.69) is 31.3 Å². The summed E-state index contributed by atoms with van der Waals surface area (Å²) in [6.07, 6.45) is 5.43. The van der Waals surface area contributed by atoms with Gasteiger partial charge in [0.15, 0.2) is 0 Å². The van der Waals surface area contributed by atoms with Crippen molar-refractivity contribution in [2.75, 3.05) is 20.2 Å². The lowest BCUT2D eigenvalue weighted by molar-refractivity contribution is -0.0401. The molecule has 0 bridgehead atoms. The topological polar surface area (TPSA) is 30.5 Å². The van der Waals surface area contributed by atoms with E-state index in [0.29, 0.717) is 6.10 Å². The first-order chi connectivity index (χ1) is 10.2. The van der Waals surface area contributed by atoms with Gasteiger partial charge in [0.05, 0.1) is 19.3 Å². The monoisotopic (exact) mass is 291 g/mol. The van der Waals surface area contributed by atoms with Crippen molar-refractivity contribution in [2.45, 2.75) is 51.7 Å². The van der Waals surface area contributed by atoms with Crippen LogP contribution in [0.15, 0.2) is 24.3 Å². The van der Waals surface area contributed by atoms with Crippen LogP contribution >= 0.6 is 0 Å². The fourth-order valence-electron chi connectivity index (χ4n) is 3.17. The molecule has 3 atom stereocenters. The maximum absolute atomic E-state index is 6.45. The smallest absolute Gasteiger partial charge is 0.124 e. The highest BCUT2D eigenvalue weighted by Gasteiger charge is 2.25. The molecule has 0 saturated heterocycles. The Labute approximate surface area is 129 Å². The Kier molecular flexibility index (Phi) is 6.52. The molecule has 0 aromatic heterocycles. The van der Waals surface area contributed by atoms with Gasteiger partial charge in [0.1, 0.15) is 5.75 Å². The normalized spacial score (nSPS) is 23.8. The number of ether oxygens (including phenoxy) is 2. The van der Waals surface area contributed by atoms with Crippen LogP contribution in [-0.2, 0) is 4.74 Å². The van der Waals surface area contributed by atoms with Crippen LogP contribution in [0.3, 0.4) is 0 Å².